The average molecular weight is 479 g/mol. The van der Waals surface area contributed by atoms with Crippen LogP contribution < -0.4 is 20.1 Å². The van der Waals surface area contributed by atoms with Crippen molar-refractivity contribution in [2.24, 2.45) is 5.10 Å². The van der Waals surface area contributed by atoms with Crippen molar-refractivity contribution in [2.45, 2.75) is 19.4 Å². The van der Waals surface area contributed by atoms with E-state index in [0.717, 1.165) is 21.7 Å². The van der Waals surface area contributed by atoms with Crippen LogP contribution in [0, 0.1) is 6.92 Å². The summed E-state index contributed by atoms with van der Waals surface area (Å²) in [4.78, 5) is 26.5. The number of urea groups is 1. The highest BCUT2D eigenvalue weighted by molar-refractivity contribution is 7.12. The number of hydrogen-bond acceptors (Lipinski definition) is 6. The second-order valence-electron chi connectivity index (χ2n) is 7.77. The molecule has 1 aliphatic heterocycles. The van der Waals surface area contributed by atoms with Crippen molar-refractivity contribution in [2.75, 3.05) is 26.1 Å². The standard InChI is InChI=1S/C25H26N4O4S/c1-16-6-9-18(10-7-16)27-25(31)26-15-24(30)29-20(14-19(28-29)23-5-4-12-34-23)17-8-11-21(32-2)22(13-17)33-3/h4-13,20H,14-15H2,1-3H3,(H2,26,27,31)/t20-/m1/s1. The smallest absolute Gasteiger partial charge is 0.319 e. The highest BCUT2D eigenvalue weighted by Gasteiger charge is 2.34. The highest BCUT2D eigenvalue weighted by atomic mass is 32.1. The van der Waals surface area contributed by atoms with Crippen molar-refractivity contribution < 1.29 is 19.1 Å². The van der Waals surface area contributed by atoms with Gasteiger partial charge in [-0.3, -0.25) is 4.79 Å². The summed E-state index contributed by atoms with van der Waals surface area (Å²) in [6.45, 7) is 1.78. The molecule has 8 nitrogen and oxygen atoms in total. The molecule has 0 spiro atoms. The molecule has 1 aromatic heterocycles. The Morgan fingerprint density at radius 3 is 2.53 bits per heavy atom. The van der Waals surface area contributed by atoms with Gasteiger partial charge in [0.25, 0.3) is 5.91 Å². The van der Waals surface area contributed by atoms with E-state index in [4.69, 9.17) is 9.47 Å². The third-order valence-corrected chi connectivity index (χ3v) is 6.39. The SMILES string of the molecule is COc1ccc([C@H]2CC(c3cccs3)=NN2C(=O)CNC(=O)Nc2ccc(C)cc2)cc1OC. The Balaban J connectivity index is 1.50. The van der Waals surface area contributed by atoms with E-state index in [-0.39, 0.29) is 18.5 Å². The number of rotatable bonds is 7. The summed E-state index contributed by atoms with van der Waals surface area (Å²) in [5, 5.41) is 13.4. The molecule has 176 valence electrons. The molecule has 0 saturated heterocycles. The van der Waals surface area contributed by atoms with Crippen molar-refractivity contribution in [3.8, 4) is 11.5 Å². The molecule has 2 N–H and O–H groups in total. The maximum Gasteiger partial charge on any atom is 0.319 e. The number of nitrogens with one attached hydrogen (secondary N) is 2. The van der Waals surface area contributed by atoms with Gasteiger partial charge in [-0.15, -0.1) is 11.3 Å². The van der Waals surface area contributed by atoms with Gasteiger partial charge in [-0.2, -0.15) is 5.10 Å². The number of aryl methyl sites for hydroxylation is 1. The monoisotopic (exact) mass is 478 g/mol. The molecule has 4 rings (SSSR count). The van der Waals surface area contributed by atoms with Crippen LogP contribution in [0.25, 0.3) is 0 Å². The van der Waals surface area contributed by atoms with Crippen LogP contribution in [0.3, 0.4) is 0 Å². The van der Waals surface area contributed by atoms with Gasteiger partial charge in [0.1, 0.15) is 6.54 Å². The molecule has 0 radical (unpaired) electrons. The first kappa shape index (κ1) is 23.3. The van der Waals surface area contributed by atoms with Gasteiger partial charge >= 0.3 is 6.03 Å². The van der Waals surface area contributed by atoms with E-state index in [1.54, 1.807) is 25.6 Å². The molecule has 34 heavy (non-hydrogen) atoms. The van der Waals surface area contributed by atoms with Crippen LogP contribution in [-0.4, -0.2) is 43.4 Å². The zero-order chi connectivity index (χ0) is 24.1. The first-order chi connectivity index (χ1) is 16.5. The number of carbonyl (C=O) groups is 2. The Morgan fingerprint density at radius 2 is 1.85 bits per heavy atom. The Labute approximate surface area is 202 Å². The number of thiophene rings is 1. The molecule has 3 amide bonds. The van der Waals surface area contributed by atoms with E-state index in [1.165, 1.54) is 5.01 Å². The van der Waals surface area contributed by atoms with Gasteiger partial charge in [-0.05, 0) is 48.2 Å². The summed E-state index contributed by atoms with van der Waals surface area (Å²) in [7, 11) is 3.15. The molecular formula is C25H26N4O4S. The molecule has 2 heterocycles. The quantitative estimate of drug-likeness (QED) is 0.520. The van der Waals surface area contributed by atoms with E-state index >= 15 is 0 Å². The zero-order valence-electron chi connectivity index (χ0n) is 19.2. The molecule has 0 unspecified atom stereocenters. The Morgan fingerprint density at radius 1 is 1.09 bits per heavy atom. The third-order valence-electron chi connectivity index (χ3n) is 5.47. The molecule has 3 aromatic rings. The number of ether oxygens (including phenoxy) is 2. The predicted octanol–water partition coefficient (Wildman–Crippen LogP) is 4.57. The molecule has 2 aromatic carbocycles. The van der Waals surface area contributed by atoms with E-state index < -0.39 is 6.03 Å². The van der Waals surface area contributed by atoms with Gasteiger partial charge in [-0.25, -0.2) is 9.80 Å². The number of amides is 3. The van der Waals surface area contributed by atoms with Crippen LogP contribution in [0.1, 0.15) is 28.5 Å². The van der Waals surface area contributed by atoms with E-state index in [2.05, 4.69) is 15.7 Å². The number of benzene rings is 2. The first-order valence-corrected chi connectivity index (χ1v) is 11.6. The molecule has 0 fully saturated rings. The third kappa shape index (κ3) is 5.20. The van der Waals surface area contributed by atoms with E-state index in [1.807, 2.05) is 66.9 Å². The minimum absolute atomic E-state index is 0.192. The van der Waals surface area contributed by atoms with Crippen LogP contribution in [0.2, 0.25) is 0 Å². The lowest BCUT2D eigenvalue weighted by Crippen LogP contribution is -2.39. The van der Waals surface area contributed by atoms with Crippen LogP contribution in [0.4, 0.5) is 10.5 Å². The van der Waals surface area contributed by atoms with Crippen LogP contribution in [0.5, 0.6) is 11.5 Å². The fourth-order valence-corrected chi connectivity index (χ4v) is 4.42. The Kier molecular flexibility index (Phi) is 7.12. The van der Waals surface area contributed by atoms with Crippen LogP contribution in [0.15, 0.2) is 65.1 Å². The number of anilines is 1. The van der Waals surface area contributed by atoms with Crippen molar-refractivity contribution in [1.29, 1.82) is 0 Å². The van der Waals surface area contributed by atoms with Gasteiger partial charge in [0, 0.05) is 12.1 Å². The average Bonchev–Trinajstić information content (AvgIpc) is 3.54. The summed E-state index contributed by atoms with van der Waals surface area (Å²) in [5.74, 6) is 0.869. The fourth-order valence-electron chi connectivity index (χ4n) is 3.70. The molecule has 1 atom stereocenters. The molecular weight excluding hydrogens is 452 g/mol. The number of carbonyl (C=O) groups excluding carboxylic acids is 2. The molecule has 9 heteroatoms. The maximum atomic E-state index is 13.1. The lowest BCUT2D eigenvalue weighted by molar-refractivity contribution is -0.131. The molecule has 0 saturated carbocycles. The lowest BCUT2D eigenvalue weighted by atomic mass is 10.0. The highest BCUT2D eigenvalue weighted by Crippen LogP contribution is 2.37. The van der Waals surface area contributed by atoms with Crippen LogP contribution in [-0.2, 0) is 4.79 Å². The minimum atomic E-state index is -0.457. The summed E-state index contributed by atoms with van der Waals surface area (Å²) in [5.41, 5.74) is 3.44. The fraction of sp³-hybridized carbons (Fsp3) is 0.240. The first-order valence-electron chi connectivity index (χ1n) is 10.8. The van der Waals surface area contributed by atoms with Gasteiger partial charge in [0.15, 0.2) is 11.5 Å². The Hall–Kier alpha value is -3.85. The molecule has 1 aliphatic rings. The van der Waals surface area contributed by atoms with Gasteiger partial charge in [0.2, 0.25) is 0 Å². The van der Waals surface area contributed by atoms with Crippen LogP contribution >= 0.6 is 11.3 Å². The van der Waals surface area contributed by atoms with Gasteiger partial charge in [0.05, 0.1) is 30.9 Å². The molecule has 0 aliphatic carbocycles. The summed E-state index contributed by atoms with van der Waals surface area (Å²) in [6.07, 6.45) is 0.553. The van der Waals surface area contributed by atoms with Gasteiger partial charge in [-0.1, -0.05) is 29.8 Å². The van der Waals surface area contributed by atoms with Crippen molar-refractivity contribution in [3.63, 3.8) is 0 Å². The topological polar surface area (TPSA) is 92.3 Å². The lowest BCUT2D eigenvalue weighted by Gasteiger charge is -2.23. The second kappa shape index (κ2) is 10.4. The second-order valence-corrected chi connectivity index (χ2v) is 8.72. The normalized spacial score (nSPS) is 15.0. The number of methoxy groups -OCH3 is 2. The van der Waals surface area contributed by atoms with Crippen molar-refractivity contribution >= 4 is 34.7 Å². The number of hydrazone groups is 1. The minimum Gasteiger partial charge on any atom is -0.493 e. The summed E-state index contributed by atoms with van der Waals surface area (Å²) in [6, 6.07) is 16.1. The summed E-state index contributed by atoms with van der Waals surface area (Å²) < 4.78 is 10.8. The number of hydrogen-bond donors (Lipinski definition) is 2. The predicted molar refractivity (Wildman–Crippen MR) is 133 cm³/mol. The van der Waals surface area contributed by atoms with E-state index in [0.29, 0.717) is 23.6 Å². The van der Waals surface area contributed by atoms with Gasteiger partial charge < -0.3 is 20.1 Å². The largest absolute Gasteiger partial charge is 0.493 e. The maximum absolute atomic E-state index is 13.1. The Bertz CT molecular complexity index is 1190. The molecule has 0 bridgehead atoms. The van der Waals surface area contributed by atoms with E-state index in [9.17, 15) is 9.59 Å². The van der Waals surface area contributed by atoms with Crippen molar-refractivity contribution in [3.05, 3.63) is 76.0 Å². The summed E-state index contributed by atoms with van der Waals surface area (Å²) >= 11 is 1.57. The van der Waals surface area contributed by atoms with Crippen molar-refractivity contribution in [1.82, 2.24) is 10.3 Å². The zero-order valence-corrected chi connectivity index (χ0v) is 20.0. The number of nitrogens with zero attached hydrogens (tertiary/aromatic N) is 2.